The normalized spacial score (nSPS) is 23.4. The van der Waals surface area contributed by atoms with Gasteiger partial charge in [0.1, 0.15) is 0 Å². The summed E-state index contributed by atoms with van der Waals surface area (Å²) in [6.45, 7) is 2.41. The fourth-order valence-corrected chi connectivity index (χ4v) is 2.64. The monoisotopic (exact) mass is 239 g/mol. The third-order valence-electron chi connectivity index (χ3n) is 3.20. The van der Waals surface area contributed by atoms with Crippen LogP contribution in [-0.2, 0) is 0 Å². The van der Waals surface area contributed by atoms with E-state index in [-0.39, 0.29) is 0 Å². The highest BCUT2D eigenvalue weighted by molar-refractivity contribution is 6.30. The maximum Gasteiger partial charge on any atom is 0.231 e. The van der Waals surface area contributed by atoms with Crippen molar-refractivity contribution >= 4 is 11.6 Å². The Morgan fingerprint density at radius 1 is 1.31 bits per heavy atom. The van der Waals surface area contributed by atoms with Crippen LogP contribution in [0.15, 0.2) is 12.1 Å². The molecule has 1 atom stereocenters. The molecule has 0 radical (unpaired) electrons. The maximum atomic E-state index is 6.09. The van der Waals surface area contributed by atoms with Crippen LogP contribution < -0.4 is 14.8 Å². The Hall–Kier alpha value is -0.930. The molecule has 0 aromatic heterocycles. The van der Waals surface area contributed by atoms with Crippen LogP contribution in [0, 0.1) is 0 Å². The molecule has 16 heavy (non-hydrogen) atoms. The van der Waals surface area contributed by atoms with Gasteiger partial charge in [-0.05, 0) is 25.5 Å². The molecule has 1 N–H and O–H groups in total. The van der Waals surface area contributed by atoms with Gasteiger partial charge in [-0.1, -0.05) is 11.6 Å². The third-order valence-corrected chi connectivity index (χ3v) is 3.42. The van der Waals surface area contributed by atoms with E-state index in [0.29, 0.717) is 12.7 Å². The predicted molar refractivity (Wildman–Crippen MR) is 62.4 cm³/mol. The molecule has 0 bridgehead atoms. The molecule has 3 nitrogen and oxygen atoms in total. The smallest absolute Gasteiger partial charge is 0.231 e. The molecule has 1 aromatic carbocycles. The molecule has 1 saturated heterocycles. The predicted octanol–water partition coefficient (Wildman–Crippen LogP) is 2.54. The van der Waals surface area contributed by atoms with Crippen molar-refractivity contribution in [2.75, 3.05) is 19.9 Å². The molecule has 0 saturated carbocycles. The molecule has 3 rings (SSSR count). The topological polar surface area (TPSA) is 30.5 Å². The van der Waals surface area contributed by atoms with Gasteiger partial charge < -0.3 is 14.8 Å². The Balaban J connectivity index is 1.99. The number of fused-ring (bicyclic) bond motifs is 1. The van der Waals surface area contributed by atoms with E-state index in [0.717, 1.165) is 29.6 Å². The third kappa shape index (κ3) is 1.74. The summed E-state index contributed by atoms with van der Waals surface area (Å²) >= 11 is 6.09. The first-order valence-electron chi connectivity index (χ1n) is 5.64. The minimum Gasteiger partial charge on any atom is -0.454 e. The largest absolute Gasteiger partial charge is 0.454 e. The number of rotatable bonds is 1. The Bertz CT molecular complexity index is 402. The number of nitrogens with one attached hydrogen (secondary N) is 1. The molecule has 86 valence electrons. The summed E-state index contributed by atoms with van der Waals surface area (Å²) in [5.74, 6) is 2.16. The molecular weight excluding hydrogens is 226 g/mol. The number of hydrogen-bond donors (Lipinski definition) is 1. The Labute approximate surface area is 99.7 Å². The fraction of sp³-hybridized carbons (Fsp3) is 0.500. The molecule has 2 aliphatic rings. The van der Waals surface area contributed by atoms with Gasteiger partial charge in [0.2, 0.25) is 6.79 Å². The number of hydrogen-bond acceptors (Lipinski definition) is 3. The van der Waals surface area contributed by atoms with E-state index in [9.17, 15) is 0 Å². The zero-order chi connectivity index (χ0) is 11.0. The summed E-state index contributed by atoms with van der Waals surface area (Å²) in [6.07, 6.45) is 2.38. The second-order valence-corrected chi connectivity index (χ2v) is 4.71. The van der Waals surface area contributed by atoms with E-state index in [1.165, 1.54) is 18.4 Å². The lowest BCUT2D eigenvalue weighted by molar-refractivity contribution is 0.172. The Morgan fingerprint density at radius 2 is 2.25 bits per heavy atom. The maximum absolute atomic E-state index is 6.09. The van der Waals surface area contributed by atoms with Crippen molar-refractivity contribution in [1.29, 1.82) is 0 Å². The van der Waals surface area contributed by atoms with Crippen LogP contribution in [0.1, 0.15) is 24.3 Å². The van der Waals surface area contributed by atoms with Crippen LogP contribution in [0.4, 0.5) is 0 Å². The van der Waals surface area contributed by atoms with E-state index >= 15 is 0 Å². The average molecular weight is 240 g/mol. The van der Waals surface area contributed by atoms with E-state index in [1.807, 2.05) is 12.1 Å². The van der Waals surface area contributed by atoms with Gasteiger partial charge in [-0.3, -0.25) is 0 Å². The number of benzene rings is 1. The lowest BCUT2D eigenvalue weighted by Gasteiger charge is -2.24. The molecule has 1 aromatic rings. The van der Waals surface area contributed by atoms with Gasteiger partial charge in [-0.25, -0.2) is 0 Å². The van der Waals surface area contributed by atoms with Gasteiger partial charge in [0.25, 0.3) is 0 Å². The summed E-state index contributed by atoms with van der Waals surface area (Å²) in [7, 11) is 0. The minimum absolute atomic E-state index is 0.308. The van der Waals surface area contributed by atoms with Crippen LogP contribution in [0.2, 0.25) is 5.02 Å². The van der Waals surface area contributed by atoms with E-state index in [4.69, 9.17) is 21.1 Å². The molecule has 0 amide bonds. The zero-order valence-electron chi connectivity index (χ0n) is 8.96. The number of ether oxygens (including phenoxy) is 2. The molecule has 0 aliphatic carbocycles. The summed E-state index contributed by atoms with van der Waals surface area (Å²) in [5, 5.41) is 4.13. The number of halogens is 1. The second-order valence-electron chi connectivity index (χ2n) is 4.27. The summed E-state index contributed by atoms with van der Waals surface area (Å²) in [6, 6.07) is 3.83. The van der Waals surface area contributed by atoms with Crippen molar-refractivity contribution in [1.82, 2.24) is 5.32 Å². The SMILES string of the molecule is Clc1cc2c(c(C3CCCNC3)c1)OCO2. The average Bonchev–Trinajstić information content (AvgIpc) is 2.77. The van der Waals surface area contributed by atoms with Gasteiger partial charge >= 0.3 is 0 Å². The standard InChI is InChI=1S/C12H14ClNO2/c13-9-4-10(8-2-1-3-14-6-8)12-11(5-9)15-7-16-12/h4-5,8,14H,1-3,6-7H2. The van der Waals surface area contributed by atoms with Gasteiger partial charge in [0, 0.05) is 29.1 Å². The van der Waals surface area contributed by atoms with Crippen molar-refractivity contribution in [3.63, 3.8) is 0 Å². The molecule has 0 spiro atoms. The first kappa shape index (κ1) is 10.2. The van der Waals surface area contributed by atoms with E-state index in [2.05, 4.69) is 5.32 Å². The highest BCUT2D eigenvalue weighted by Crippen LogP contribution is 2.43. The highest BCUT2D eigenvalue weighted by atomic mass is 35.5. The second kappa shape index (κ2) is 4.15. The van der Waals surface area contributed by atoms with Crippen LogP contribution in [0.3, 0.4) is 0 Å². The molecule has 1 unspecified atom stereocenters. The summed E-state index contributed by atoms with van der Waals surface area (Å²) in [5.41, 5.74) is 1.19. The zero-order valence-corrected chi connectivity index (χ0v) is 9.72. The van der Waals surface area contributed by atoms with Gasteiger partial charge in [0.05, 0.1) is 0 Å². The van der Waals surface area contributed by atoms with Crippen LogP contribution >= 0.6 is 11.6 Å². The number of piperidine rings is 1. The van der Waals surface area contributed by atoms with Crippen molar-refractivity contribution in [2.45, 2.75) is 18.8 Å². The molecule has 2 heterocycles. The lowest BCUT2D eigenvalue weighted by atomic mass is 9.91. The van der Waals surface area contributed by atoms with Gasteiger partial charge in [-0.2, -0.15) is 0 Å². The van der Waals surface area contributed by atoms with E-state index in [1.54, 1.807) is 0 Å². The van der Waals surface area contributed by atoms with E-state index < -0.39 is 0 Å². The van der Waals surface area contributed by atoms with Crippen molar-refractivity contribution in [3.8, 4) is 11.5 Å². The molecule has 2 aliphatic heterocycles. The first-order chi connectivity index (χ1) is 7.84. The summed E-state index contributed by atoms with van der Waals surface area (Å²) < 4.78 is 10.9. The van der Waals surface area contributed by atoms with Crippen molar-refractivity contribution in [2.24, 2.45) is 0 Å². The molecule has 1 fully saturated rings. The fourth-order valence-electron chi connectivity index (χ4n) is 2.42. The van der Waals surface area contributed by atoms with Crippen molar-refractivity contribution < 1.29 is 9.47 Å². The molecule has 4 heteroatoms. The van der Waals surface area contributed by atoms with Crippen LogP contribution in [-0.4, -0.2) is 19.9 Å². The van der Waals surface area contributed by atoms with Crippen LogP contribution in [0.5, 0.6) is 11.5 Å². The Kier molecular flexibility index (Phi) is 2.65. The van der Waals surface area contributed by atoms with Crippen molar-refractivity contribution in [3.05, 3.63) is 22.7 Å². The van der Waals surface area contributed by atoms with Crippen LogP contribution in [0.25, 0.3) is 0 Å². The first-order valence-corrected chi connectivity index (χ1v) is 6.02. The molecular formula is C12H14ClNO2. The quantitative estimate of drug-likeness (QED) is 0.817. The summed E-state index contributed by atoms with van der Waals surface area (Å²) in [4.78, 5) is 0. The lowest BCUT2D eigenvalue weighted by Crippen LogP contribution is -2.28. The minimum atomic E-state index is 0.308. The van der Waals surface area contributed by atoms with Gasteiger partial charge in [0.15, 0.2) is 11.5 Å². The highest BCUT2D eigenvalue weighted by Gasteiger charge is 2.25. The van der Waals surface area contributed by atoms with Gasteiger partial charge in [-0.15, -0.1) is 0 Å². The Morgan fingerprint density at radius 3 is 3.06 bits per heavy atom.